The number of fused-ring (bicyclic) bond motifs is 1. The maximum atomic E-state index is 14.3. The molecule has 0 bridgehead atoms. The number of nitrogens with zero attached hydrogens (tertiary/aromatic N) is 1. The fraction of sp³-hybridized carbons (Fsp3) is 0.105. The number of rotatable bonds is 3. The van der Waals surface area contributed by atoms with Crippen molar-refractivity contribution in [2.45, 2.75) is 17.7 Å². The molecule has 0 N–H and O–H groups in total. The van der Waals surface area contributed by atoms with E-state index in [2.05, 4.69) is 0 Å². The Bertz CT molecular complexity index is 1200. The summed E-state index contributed by atoms with van der Waals surface area (Å²) < 4.78 is 68.4. The van der Waals surface area contributed by atoms with Gasteiger partial charge in [-0.2, -0.15) is 0 Å². The number of carbonyl (C=O) groups excluding carboxylic acids is 1. The monoisotopic (exact) mass is 391 g/mol. The van der Waals surface area contributed by atoms with Crippen molar-refractivity contribution >= 4 is 15.8 Å². The van der Waals surface area contributed by atoms with Crippen LogP contribution in [0.25, 0.3) is 11.3 Å². The van der Waals surface area contributed by atoms with Gasteiger partial charge in [0.2, 0.25) is 0 Å². The Balaban J connectivity index is 2.03. The Labute approximate surface area is 152 Å². The van der Waals surface area contributed by atoms with Gasteiger partial charge in [-0.15, -0.1) is 0 Å². The number of benzene rings is 2. The third-order valence-corrected chi connectivity index (χ3v) is 6.23. The van der Waals surface area contributed by atoms with E-state index >= 15 is 0 Å². The smallest absolute Gasteiger partial charge is 0.268 e. The second-order valence-corrected chi connectivity index (χ2v) is 7.95. The molecule has 0 fully saturated rings. The van der Waals surface area contributed by atoms with Crippen LogP contribution < -0.4 is 0 Å². The maximum absolute atomic E-state index is 14.3. The van der Waals surface area contributed by atoms with Gasteiger partial charge in [0.25, 0.3) is 10.0 Å². The van der Waals surface area contributed by atoms with Crippen LogP contribution in [0, 0.1) is 17.5 Å². The summed E-state index contributed by atoms with van der Waals surface area (Å²) in [5.41, 5.74) is 0.116. The van der Waals surface area contributed by atoms with Gasteiger partial charge in [0.15, 0.2) is 5.78 Å². The quantitative estimate of drug-likeness (QED) is 0.680. The lowest BCUT2D eigenvalue weighted by atomic mass is 10.1. The molecule has 1 aliphatic rings. The van der Waals surface area contributed by atoms with Gasteiger partial charge in [-0.1, -0.05) is 6.07 Å². The molecule has 27 heavy (non-hydrogen) atoms. The standard InChI is InChI=1S/C19H12F3NO3S/c20-11-2-1-3-13(8-11)27(25,26)23-17-6-7-19(24)15(17)10-18(23)14-5-4-12(21)9-16(14)22/h1-5,8-10H,6-7H2. The van der Waals surface area contributed by atoms with Gasteiger partial charge in [-0.05, 0) is 42.8 Å². The first-order valence-corrected chi connectivity index (χ1v) is 9.47. The van der Waals surface area contributed by atoms with Crippen LogP contribution in [0.1, 0.15) is 22.5 Å². The predicted octanol–water partition coefficient (Wildman–Crippen LogP) is 3.94. The molecule has 0 saturated carbocycles. The minimum Gasteiger partial charge on any atom is -0.294 e. The topological polar surface area (TPSA) is 56.1 Å². The summed E-state index contributed by atoms with van der Waals surface area (Å²) in [7, 11) is -4.31. The number of ketones is 1. The minimum absolute atomic E-state index is 0.102. The van der Waals surface area contributed by atoms with Crippen LogP contribution in [0.15, 0.2) is 53.4 Å². The normalized spacial score (nSPS) is 13.8. The summed E-state index contributed by atoms with van der Waals surface area (Å²) in [6, 6.07) is 8.44. The first-order chi connectivity index (χ1) is 12.8. The van der Waals surface area contributed by atoms with E-state index in [1.165, 1.54) is 18.2 Å². The van der Waals surface area contributed by atoms with Gasteiger partial charge >= 0.3 is 0 Å². The summed E-state index contributed by atoms with van der Waals surface area (Å²) in [6.45, 7) is 0. The number of carbonyl (C=O) groups is 1. The van der Waals surface area contributed by atoms with Crippen molar-refractivity contribution in [3.63, 3.8) is 0 Å². The van der Waals surface area contributed by atoms with Crippen molar-refractivity contribution < 1.29 is 26.4 Å². The molecule has 8 heteroatoms. The molecule has 4 nitrogen and oxygen atoms in total. The second kappa shape index (κ2) is 6.09. The zero-order chi connectivity index (χ0) is 19.3. The number of aromatic nitrogens is 1. The SMILES string of the molecule is O=C1CCc2c1cc(-c1ccc(F)cc1F)n2S(=O)(=O)c1cccc(F)c1. The van der Waals surface area contributed by atoms with Crippen molar-refractivity contribution in [3.8, 4) is 11.3 Å². The number of halogens is 3. The average Bonchev–Trinajstić information content (AvgIpc) is 3.15. The Kier molecular flexibility index (Phi) is 3.96. The molecule has 1 aliphatic carbocycles. The van der Waals surface area contributed by atoms with Crippen LogP contribution in [0.5, 0.6) is 0 Å². The van der Waals surface area contributed by atoms with Gasteiger partial charge in [-0.25, -0.2) is 25.6 Å². The lowest BCUT2D eigenvalue weighted by molar-refractivity contribution is 0.0994. The summed E-state index contributed by atoms with van der Waals surface area (Å²) in [6.07, 6.45) is 0.293. The Morgan fingerprint density at radius 2 is 1.59 bits per heavy atom. The lowest BCUT2D eigenvalue weighted by Crippen LogP contribution is -2.17. The highest BCUT2D eigenvalue weighted by Gasteiger charge is 2.33. The molecule has 0 spiro atoms. The highest BCUT2D eigenvalue weighted by Crippen LogP contribution is 2.36. The molecule has 0 aliphatic heterocycles. The molecular formula is C19H12F3NO3S. The molecule has 0 atom stereocenters. The first kappa shape index (κ1) is 17.5. The van der Waals surface area contributed by atoms with Crippen LogP contribution in [0.2, 0.25) is 0 Å². The van der Waals surface area contributed by atoms with Gasteiger partial charge < -0.3 is 0 Å². The van der Waals surface area contributed by atoms with Crippen LogP contribution in [-0.4, -0.2) is 18.2 Å². The molecule has 2 aromatic carbocycles. The van der Waals surface area contributed by atoms with Crippen LogP contribution in [0.4, 0.5) is 13.2 Å². The second-order valence-electron chi connectivity index (χ2n) is 6.16. The van der Waals surface area contributed by atoms with E-state index in [1.54, 1.807) is 0 Å². The van der Waals surface area contributed by atoms with E-state index in [4.69, 9.17) is 0 Å². The van der Waals surface area contributed by atoms with E-state index in [-0.39, 0.29) is 46.0 Å². The van der Waals surface area contributed by atoms with Gasteiger partial charge in [-0.3, -0.25) is 4.79 Å². The predicted molar refractivity (Wildman–Crippen MR) is 91.4 cm³/mol. The fourth-order valence-corrected chi connectivity index (χ4v) is 4.88. The number of hydrogen-bond acceptors (Lipinski definition) is 3. The lowest BCUT2D eigenvalue weighted by Gasteiger charge is -2.14. The molecule has 0 saturated heterocycles. The van der Waals surface area contributed by atoms with Crippen molar-refractivity contribution in [3.05, 3.63) is 77.2 Å². The summed E-state index contributed by atoms with van der Waals surface area (Å²) in [4.78, 5) is 11.8. The number of Topliss-reactive ketones (excluding diaryl/α,β-unsaturated/α-hetero) is 1. The molecular weight excluding hydrogens is 379 g/mol. The van der Waals surface area contributed by atoms with E-state index in [9.17, 15) is 26.4 Å². The maximum Gasteiger partial charge on any atom is 0.268 e. The Morgan fingerprint density at radius 1 is 0.852 bits per heavy atom. The van der Waals surface area contributed by atoms with Crippen LogP contribution in [-0.2, 0) is 16.4 Å². The molecule has 4 rings (SSSR count). The van der Waals surface area contributed by atoms with Crippen molar-refractivity contribution in [1.29, 1.82) is 0 Å². The third-order valence-electron chi connectivity index (χ3n) is 4.49. The van der Waals surface area contributed by atoms with Gasteiger partial charge in [0.05, 0.1) is 10.6 Å². The zero-order valence-electron chi connectivity index (χ0n) is 13.7. The van der Waals surface area contributed by atoms with E-state index < -0.39 is 27.5 Å². The number of hydrogen-bond donors (Lipinski definition) is 0. The highest BCUT2D eigenvalue weighted by atomic mass is 32.2. The first-order valence-electron chi connectivity index (χ1n) is 8.03. The van der Waals surface area contributed by atoms with Gasteiger partial charge in [0, 0.05) is 29.3 Å². The molecule has 138 valence electrons. The van der Waals surface area contributed by atoms with Gasteiger partial charge in [0.1, 0.15) is 17.5 Å². The van der Waals surface area contributed by atoms with Crippen molar-refractivity contribution in [2.75, 3.05) is 0 Å². The molecule has 1 heterocycles. The van der Waals surface area contributed by atoms with Crippen molar-refractivity contribution in [2.24, 2.45) is 0 Å². The van der Waals surface area contributed by atoms with Crippen LogP contribution in [0.3, 0.4) is 0 Å². The highest BCUT2D eigenvalue weighted by molar-refractivity contribution is 7.90. The zero-order valence-corrected chi connectivity index (χ0v) is 14.6. The van der Waals surface area contributed by atoms with Crippen LogP contribution >= 0.6 is 0 Å². The minimum atomic E-state index is -4.31. The van der Waals surface area contributed by atoms with E-state index in [0.717, 1.165) is 28.2 Å². The van der Waals surface area contributed by atoms with E-state index in [1.807, 2.05) is 0 Å². The Morgan fingerprint density at radius 3 is 2.30 bits per heavy atom. The summed E-state index contributed by atoms with van der Waals surface area (Å²) >= 11 is 0. The third kappa shape index (κ3) is 2.76. The van der Waals surface area contributed by atoms with Crippen molar-refractivity contribution in [1.82, 2.24) is 3.97 Å². The largest absolute Gasteiger partial charge is 0.294 e. The van der Waals surface area contributed by atoms with E-state index in [0.29, 0.717) is 6.07 Å². The molecule has 0 amide bonds. The summed E-state index contributed by atoms with van der Waals surface area (Å²) in [5, 5.41) is 0. The molecule has 3 aromatic rings. The fourth-order valence-electron chi connectivity index (χ4n) is 3.27. The molecule has 0 unspecified atom stereocenters. The summed E-state index contributed by atoms with van der Waals surface area (Å²) in [5.74, 6) is -2.78. The molecule has 1 aromatic heterocycles. The molecule has 0 radical (unpaired) electrons. The Hall–Kier alpha value is -2.87. The average molecular weight is 391 g/mol.